The van der Waals surface area contributed by atoms with Crippen molar-refractivity contribution in [3.63, 3.8) is 0 Å². The fourth-order valence-corrected chi connectivity index (χ4v) is 1.41. The maximum Gasteiger partial charge on any atom is 0.0994 e. The number of aromatic amines is 1. The molecule has 1 heterocycles. The van der Waals surface area contributed by atoms with Crippen LogP contribution < -0.4 is 0 Å². The molecule has 58 valence electrons. The monoisotopic (exact) mass is 156 g/mol. The SMILES string of the molecule is Cc1c(C#N)ccc2[nH]ccc12. The van der Waals surface area contributed by atoms with Crippen LogP contribution in [0.4, 0.5) is 0 Å². The molecular weight excluding hydrogens is 148 g/mol. The maximum absolute atomic E-state index is 8.76. The molecule has 0 saturated carbocycles. The smallest absolute Gasteiger partial charge is 0.0994 e. The Balaban J connectivity index is 2.89. The summed E-state index contributed by atoms with van der Waals surface area (Å²) in [5.74, 6) is 0. The van der Waals surface area contributed by atoms with E-state index in [9.17, 15) is 0 Å². The van der Waals surface area contributed by atoms with Gasteiger partial charge < -0.3 is 4.98 Å². The average Bonchev–Trinajstić information content (AvgIpc) is 2.53. The minimum Gasteiger partial charge on any atom is -0.361 e. The summed E-state index contributed by atoms with van der Waals surface area (Å²) in [5, 5.41) is 9.89. The minimum atomic E-state index is 0.752. The first-order valence-electron chi connectivity index (χ1n) is 3.79. The van der Waals surface area contributed by atoms with E-state index in [1.54, 1.807) is 0 Å². The quantitative estimate of drug-likeness (QED) is 0.624. The highest BCUT2D eigenvalue weighted by Gasteiger charge is 2.01. The molecule has 0 aliphatic rings. The molecule has 1 aromatic carbocycles. The first-order valence-corrected chi connectivity index (χ1v) is 3.79. The van der Waals surface area contributed by atoms with Crippen LogP contribution in [0, 0.1) is 18.3 Å². The van der Waals surface area contributed by atoms with Crippen molar-refractivity contribution in [1.29, 1.82) is 5.26 Å². The van der Waals surface area contributed by atoms with Gasteiger partial charge in [-0.05, 0) is 30.7 Å². The first kappa shape index (κ1) is 6.93. The van der Waals surface area contributed by atoms with Gasteiger partial charge >= 0.3 is 0 Å². The highest BCUT2D eigenvalue weighted by atomic mass is 14.7. The molecule has 0 bridgehead atoms. The normalized spacial score (nSPS) is 10.0. The minimum absolute atomic E-state index is 0.752. The van der Waals surface area contributed by atoms with Gasteiger partial charge in [-0.3, -0.25) is 0 Å². The predicted molar refractivity (Wildman–Crippen MR) is 47.8 cm³/mol. The topological polar surface area (TPSA) is 39.6 Å². The van der Waals surface area contributed by atoms with Crippen molar-refractivity contribution in [2.45, 2.75) is 6.92 Å². The largest absolute Gasteiger partial charge is 0.361 e. The van der Waals surface area contributed by atoms with Crippen molar-refractivity contribution in [1.82, 2.24) is 4.98 Å². The number of nitrogens with zero attached hydrogens (tertiary/aromatic N) is 1. The van der Waals surface area contributed by atoms with E-state index in [4.69, 9.17) is 5.26 Å². The van der Waals surface area contributed by atoms with Crippen molar-refractivity contribution >= 4 is 10.9 Å². The fraction of sp³-hybridized carbons (Fsp3) is 0.100. The second-order valence-electron chi connectivity index (χ2n) is 2.79. The molecule has 0 spiro atoms. The summed E-state index contributed by atoms with van der Waals surface area (Å²) < 4.78 is 0. The van der Waals surface area contributed by atoms with Crippen molar-refractivity contribution in [2.24, 2.45) is 0 Å². The third-order valence-corrected chi connectivity index (χ3v) is 2.12. The Labute approximate surface area is 70.4 Å². The number of fused-ring (bicyclic) bond motifs is 1. The van der Waals surface area contributed by atoms with Crippen LogP contribution in [0.3, 0.4) is 0 Å². The molecule has 0 amide bonds. The van der Waals surface area contributed by atoms with Crippen LogP contribution in [0.2, 0.25) is 0 Å². The predicted octanol–water partition coefficient (Wildman–Crippen LogP) is 2.35. The van der Waals surface area contributed by atoms with Gasteiger partial charge in [0, 0.05) is 17.1 Å². The molecule has 0 aliphatic carbocycles. The van der Waals surface area contributed by atoms with Gasteiger partial charge in [-0.15, -0.1) is 0 Å². The van der Waals surface area contributed by atoms with Crippen LogP contribution >= 0.6 is 0 Å². The van der Waals surface area contributed by atoms with E-state index in [-0.39, 0.29) is 0 Å². The zero-order valence-corrected chi connectivity index (χ0v) is 6.76. The van der Waals surface area contributed by atoms with E-state index in [0.29, 0.717) is 0 Å². The fourth-order valence-electron chi connectivity index (χ4n) is 1.41. The maximum atomic E-state index is 8.76. The second kappa shape index (κ2) is 2.38. The van der Waals surface area contributed by atoms with Gasteiger partial charge in [0.1, 0.15) is 0 Å². The highest BCUT2D eigenvalue weighted by molar-refractivity contribution is 5.84. The number of nitriles is 1. The van der Waals surface area contributed by atoms with Crippen molar-refractivity contribution in [3.8, 4) is 6.07 Å². The van der Waals surface area contributed by atoms with Gasteiger partial charge in [0.2, 0.25) is 0 Å². The molecule has 0 atom stereocenters. The molecule has 1 aromatic heterocycles. The van der Waals surface area contributed by atoms with Gasteiger partial charge in [-0.2, -0.15) is 5.26 Å². The zero-order chi connectivity index (χ0) is 8.55. The van der Waals surface area contributed by atoms with E-state index in [2.05, 4.69) is 11.1 Å². The lowest BCUT2D eigenvalue weighted by Gasteiger charge is -1.97. The average molecular weight is 156 g/mol. The Hall–Kier alpha value is -1.75. The lowest BCUT2D eigenvalue weighted by atomic mass is 10.1. The second-order valence-corrected chi connectivity index (χ2v) is 2.79. The van der Waals surface area contributed by atoms with Gasteiger partial charge in [0.05, 0.1) is 11.6 Å². The molecular formula is C10H8N2. The molecule has 2 aromatic rings. The Kier molecular flexibility index (Phi) is 1.38. The summed E-state index contributed by atoms with van der Waals surface area (Å²) in [6.07, 6.45) is 1.89. The standard InChI is InChI=1S/C10H8N2/c1-7-8(6-11)2-3-10-9(7)4-5-12-10/h2-5,12H,1H3. The van der Waals surface area contributed by atoms with Gasteiger partial charge in [0.15, 0.2) is 0 Å². The number of rotatable bonds is 0. The summed E-state index contributed by atoms with van der Waals surface area (Å²) in [4.78, 5) is 3.10. The summed E-state index contributed by atoms with van der Waals surface area (Å²) in [6.45, 7) is 1.97. The van der Waals surface area contributed by atoms with Crippen LogP contribution in [0.15, 0.2) is 24.4 Å². The Morgan fingerprint density at radius 3 is 2.92 bits per heavy atom. The molecule has 0 aliphatic heterocycles. The highest BCUT2D eigenvalue weighted by Crippen LogP contribution is 2.19. The number of H-pyrrole nitrogens is 1. The van der Waals surface area contributed by atoms with Crippen molar-refractivity contribution in [2.75, 3.05) is 0 Å². The number of nitrogens with one attached hydrogen (secondary N) is 1. The molecule has 0 unspecified atom stereocenters. The van der Waals surface area contributed by atoms with E-state index in [1.165, 1.54) is 0 Å². The van der Waals surface area contributed by atoms with Crippen LogP contribution in [0.25, 0.3) is 10.9 Å². The van der Waals surface area contributed by atoms with E-state index < -0.39 is 0 Å². The molecule has 2 nitrogen and oxygen atoms in total. The van der Waals surface area contributed by atoms with Crippen LogP contribution in [-0.2, 0) is 0 Å². The lowest BCUT2D eigenvalue weighted by molar-refractivity contribution is 1.42. The van der Waals surface area contributed by atoms with Crippen molar-refractivity contribution in [3.05, 3.63) is 35.5 Å². The Bertz CT molecular complexity index is 460. The third-order valence-electron chi connectivity index (χ3n) is 2.12. The zero-order valence-electron chi connectivity index (χ0n) is 6.76. The lowest BCUT2D eigenvalue weighted by Crippen LogP contribution is -1.81. The Morgan fingerprint density at radius 2 is 2.17 bits per heavy atom. The van der Waals surface area contributed by atoms with Crippen LogP contribution in [0.5, 0.6) is 0 Å². The number of aromatic nitrogens is 1. The van der Waals surface area contributed by atoms with Gasteiger partial charge in [-0.1, -0.05) is 0 Å². The molecule has 2 heteroatoms. The van der Waals surface area contributed by atoms with E-state index >= 15 is 0 Å². The number of hydrogen-bond acceptors (Lipinski definition) is 1. The summed E-state index contributed by atoms with van der Waals surface area (Å²) in [7, 11) is 0. The number of aryl methyl sites for hydroxylation is 1. The Morgan fingerprint density at radius 1 is 1.33 bits per heavy atom. The van der Waals surface area contributed by atoms with Crippen LogP contribution in [-0.4, -0.2) is 4.98 Å². The number of hydrogen-bond donors (Lipinski definition) is 1. The number of benzene rings is 1. The van der Waals surface area contributed by atoms with Gasteiger partial charge in [0.25, 0.3) is 0 Å². The summed E-state index contributed by atoms with van der Waals surface area (Å²) >= 11 is 0. The third kappa shape index (κ3) is 0.802. The molecule has 0 radical (unpaired) electrons. The van der Waals surface area contributed by atoms with Crippen molar-refractivity contribution < 1.29 is 0 Å². The first-order chi connectivity index (χ1) is 5.83. The molecule has 12 heavy (non-hydrogen) atoms. The van der Waals surface area contributed by atoms with E-state index in [1.807, 2.05) is 31.3 Å². The summed E-state index contributed by atoms with van der Waals surface area (Å²) in [5.41, 5.74) is 2.89. The molecule has 0 saturated heterocycles. The van der Waals surface area contributed by atoms with E-state index in [0.717, 1.165) is 22.0 Å². The molecule has 2 rings (SSSR count). The molecule has 0 fully saturated rings. The van der Waals surface area contributed by atoms with Crippen LogP contribution in [0.1, 0.15) is 11.1 Å². The molecule has 1 N–H and O–H groups in total. The summed E-state index contributed by atoms with van der Waals surface area (Å²) in [6, 6.07) is 7.93. The van der Waals surface area contributed by atoms with Gasteiger partial charge in [-0.25, -0.2) is 0 Å².